The predicted octanol–water partition coefficient (Wildman–Crippen LogP) is 8.97. The number of piperidine rings is 1. The Balaban J connectivity index is 0.884. The molecule has 2 N–H and O–H groups in total. The maximum Gasteiger partial charge on any atom is 0.329 e. The SMILES string of the molecule is CC[C@H](C(=O)N1CCCC[C@H]1C(=O)O[C@@H](CCc1ccc(C)c(C)c1)c1cccc(OCC(=O)NCCOCCOCCOCCOCCC(=O)NC2=NN(c3ccc(Cl)c(Cl)c3)CC2C)c1)c1cc(OC)c(OC)c(OC)c1. The lowest BCUT2D eigenvalue weighted by atomic mass is 9.91. The summed E-state index contributed by atoms with van der Waals surface area (Å²) in [6.07, 6.45) is 3.10. The normalized spacial score (nSPS) is 15.9. The molecule has 4 aromatic rings. The molecule has 2 aliphatic heterocycles. The van der Waals surface area contributed by atoms with E-state index in [1.807, 2.05) is 32.0 Å². The average Bonchev–Trinajstić information content (AvgIpc) is 3.86. The van der Waals surface area contributed by atoms with E-state index >= 15 is 0 Å². The van der Waals surface area contributed by atoms with Crippen LogP contribution in [0, 0.1) is 19.8 Å². The molecule has 0 spiro atoms. The molecular formula is C59H77Cl2N5O13. The largest absolute Gasteiger partial charge is 0.493 e. The zero-order valence-corrected chi connectivity index (χ0v) is 48.1. The first kappa shape index (κ1) is 62.1. The van der Waals surface area contributed by atoms with Gasteiger partial charge in [-0.25, -0.2) is 4.79 Å². The number of ether oxygens (including phenoxy) is 9. The van der Waals surface area contributed by atoms with E-state index in [4.69, 9.17) is 65.8 Å². The van der Waals surface area contributed by atoms with Gasteiger partial charge in [0, 0.05) is 19.0 Å². The van der Waals surface area contributed by atoms with E-state index < -0.39 is 24.0 Å². The predicted molar refractivity (Wildman–Crippen MR) is 303 cm³/mol. The molecule has 0 aliphatic carbocycles. The summed E-state index contributed by atoms with van der Waals surface area (Å²) in [6.45, 7) is 11.8. The number of carbonyl (C=O) groups excluding carboxylic acids is 4. The Kier molecular flexibility index (Phi) is 25.3. The monoisotopic (exact) mass is 1130 g/mol. The van der Waals surface area contributed by atoms with Gasteiger partial charge in [0.2, 0.25) is 17.6 Å². The lowest BCUT2D eigenvalue weighted by Gasteiger charge is -2.37. The Bertz CT molecular complexity index is 2650. The Labute approximate surface area is 474 Å². The number of hydrazone groups is 1. The van der Waals surface area contributed by atoms with Crippen LogP contribution in [-0.4, -0.2) is 141 Å². The van der Waals surface area contributed by atoms with Crippen molar-refractivity contribution in [3.8, 4) is 23.0 Å². The second-order valence-corrected chi connectivity index (χ2v) is 20.2. The minimum Gasteiger partial charge on any atom is -0.493 e. The number of amidine groups is 1. The van der Waals surface area contributed by atoms with Gasteiger partial charge in [0.15, 0.2) is 18.1 Å². The van der Waals surface area contributed by atoms with Gasteiger partial charge in [0.05, 0.1) is 109 Å². The summed E-state index contributed by atoms with van der Waals surface area (Å²) in [5.74, 6) is 0.660. The van der Waals surface area contributed by atoms with Crippen LogP contribution >= 0.6 is 23.2 Å². The molecule has 1 fully saturated rings. The number of hydrogen-bond acceptors (Lipinski definition) is 15. The maximum atomic E-state index is 14.5. The van der Waals surface area contributed by atoms with E-state index in [2.05, 4.69) is 47.8 Å². The van der Waals surface area contributed by atoms with Crippen molar-refractivity contribution in [2.75, 3.05) is 105 Å². The second kappa shape index (κ2) is 32.2. The number of amides is 3. The van der Waals surface area contributed by atoms with Gasteiger partial charge < -0.3 is 58.2 Å². The van der Waals surface area contributed by atoms with E-state index in [0.717, 1.165) is 24.1 Å². The van der Waals surface area contributed by atoms with Crippen LogP contribution in [0.2, 0.25) is 10.0 Å². The van der Waals surface area contributed by atoms with Crippen LogP contribution in [0.5, 0.6) is 23.0 Å². The molecule has 20 heteroatoms. The number of nitrogens with zero attached hydrogens (tertiary/aromatic N) is 3. The molecule has 1 saturated heterocycles. The molecule has 0 bridgehead atoms. The smallest absolute Gasteiger partial charge is 0.329 e. The fourth-order valence-electron chi connectivity index (χ4n) is 9.24. The number of carbonyl (C=O) groups is 4. The summed E-state index contributed by atoms with van der Waals surface area (Å²) in [5.41, 5.74) is 5.67. The van der Waals surface area contributed by atoms with Gasteiger partial charge in [-0.05, 0) is 123 Å². The number of methoxy groups -OCH3 is 3. The molecule has 4 aromatic carbocycles. The van der Waals surface area contributed by atoms with E-state index in [-0.39, 0.29) is 56.4 Å². The van der Waals surface area contributed by atoms with Crippen LogP contribution in [0.1, 0.15) is 92.2 Å². The van der Waals surface area contributed by atoms with Gasteiger partial charge in [-0.3, -0.25) is 19.4 Å². The Morgan fingerprint density at radius 1 is 0.747 bits per heavy atom. The molecule has 3 amide bonds. The van der Waals surface area contributed by atoms with Crippen molar-refractivity contribution >= 4 is 58.4 Å². The van der Waals surface area contributed by atoms with Crippen molar-refractivity contribution in [1.82, 2.24) is 15.5 Å². The third kappa shape index (κ3) is 18.7. The number of esters is 1. The van der Waals surface area contributed by atoms with Gasteiger partial charge in [-0.15, -0.1) is 0 Å². The highest BCUT2D eigenvalue weighted by Gasteiger charge is 2.38. The van der Waals surface area contributed by atoms with Crippen molar-refractivity contribution in [2.45, 2.75) is 90.7 Å². The van der Waals surface area contributed by atoms with Gasteiger partial charge in [-0.2, -0.15) is 5.10 Å². The minimum absolute atomic E-state index is 0.0290. The maximum absolute atomic E-state index is 14.5. The second-order valence-electron chi connectivity index (χ2n) is 19.4. The number of nitrogens with one attached hydrogen (secondary N) is 2. The molecular weight excluding hydrogens is 1060 g/mol. The Morgan fingerprint density at radius 3 is 2.10 bits per heavy atom. The lowest BCUT2D eigenvalue weighted by molar-refractivity contribution is -0.162. The highest BCUT2D eigenvalue weighted by molar-refractivity contribution is 6.42. The summed E-state index contributed by atoms with van der Waals surface area (Å²) in [4.78, 5) is 55.9. The highest BCUT2D eigenvalue weighted by Crippen LogP contribution is 2.42. The van der Waals surface area contributed by atoms with Crippen molar-refractivity contribution < 1.29 is 61.8 Å². The number of anilines is 1. The number of benzene rings is 4. The van der Waals surface area contributed by atoms with Crippen molar-refractivity contribution in [3.05, 3.63) is 111 Å². The molecule has 1 unspecified atom stereocenters. The summed E-state index contributed by atoms with van der Waals surface area (Å²) < 4.78 is 51.4. The van der Waals surface area contributed by atoms with Crippen LogP contribution in [0.25, 0.3) is 0 Å². The fraction of sp³-hybridized carbons (Fsp3) is 0.508. The third-order valence-corrected chi connectivity index (χ3v) is 14.5. The molecule has 79 heavy (non-hydrogen) atoms. The standard InChI is InChI=1S/C59H77Cl2N5O13/c1-8-47(44-34-52(71-5)56(73-7)53(35-44)72-6)58(69)65-23-10-9-14-50(65)59(70)79-51(20-17-42-16-15-39(2)40(3)32-42)43-12-11-13-46(33-43)78-38-55(68)62-22-25-75-27-29-77-31-30-76-28-26-74-24-21-54(67)63-57-41(4)37-66(64-57)45-18-19-48(60)49(61)36-45/h11-13,15-16,18-19,32-36,41,47,50-51H,8-10,14,17,20-31,37-38H2,1-7H3,(H,62,68)(H,63,64,67)/t41?,47-,50-,51-/m0/s1. The van der Waals surface area contributed by atoms with Gasteiger partial charge in [0.1, 0.15) is 23.7 Å². The molecule has 2 aliphatic rings. The zero-order chi connectivity index (χ0) is 56.7. The molecule has 430 valence electrons. The first-order valence-electron chi connectivity index (χ1n) is 27.0. The topological polar surface area (TPSA) is 194 Å². The summed E-state index contributed by atoms with van der Waals surface area (Å²) in [7, 11) is 4.60. The minimum atomic E-state index is -0.778. The number of hydrogen-bond donors (Lipinski definition) is 2. The van der Waals surface area contributed by atoms with Crippen LogP contribution in [0.3, 0.4) is 0 Å². The summed E-state index contributed by atoms with van der Waals surface area (Å²) in [5, 5.41) is 12.9. The van der Waals surface area contributed by atoms with Crippen LogP contribution < -0.4 is 34.6 Å². The highest BCUT2D eigenvalue weighted by atomic mass is 35.5. The number of likely N-dealkylation sites (tertiary alicyclic amines) is 1. The van der Waals surface area contributed by atoms with Crippen LogP contribution in [0.4, 0.5) is 5.69 Å². The van der Waals surface area contributed by atoms with E-state index in [1.54, 1.807) is 46.3 Å². The van der Waals surface area contributed by atoms with Crippen LogP contribution in [0.15, 0.2) is 77.9 Å². The molecule has 6 rings (SSSR count). The van der Waals surface area contributed by atoms with Crippen molar-refractivity contribution in [1.29, 1.82) is 0 Å². The Morgan fingerprint density at radius 2 is 1.44 bits per heavy atom. The average molecular weight is 1140 g/mol. The summed E-state index contributed by atoms with van der Waals surface area (Å²) >= 11 is 12.2. The molecule has 0 saturated carbocycles. The van der Waals surface area contributed by atoms with Crippen LogP contribution in [-0.2, 0) is 49.3 Å². The zero-order valence-electron chi connectivity index (χ0n) is 46.6. The lowest BCUT2D eigenvalue weighted by Crippen LogP contribution is -2.50. The van der Waals surface area contributed by atoms with E-state index in [9.17, 15) is 19.2 Å². The first-order chi connectivity index (χ1) is 38.2. The summed E-state index contributed by atoms with van der Waals surface area (Å²) in [6, 6.07) is 21.7. The van der Waals surface area contributed by atoms with E-state index in [1.165, 1.54) is 32.5 Å². The Hall–Kier alpha value is -6.15. The van der Waals surface area contributed by atoms with Crippen molar-refractivity contribution in [2.24, 2.45) is 11.0 Å². The first-order valence-corrected chi connectivity index (χ1v) is 27.8. The van der Waals surface area contributed by atoms with E-state index in [0.29, 0.717) is 128 Å². The number of halogens is 2. The molecule has 4 atom stereocenters. The van der Waals surface area contributed by atoms with Crippen molar-refractivity contribution in [3.63, 3.8) is 0 Å². The molecule has 0 radical (unpaired) electrons. The molecule has 0 aromatic heterocycles. The van der Waals surface area contributed by atoms with Gasteiger partial charge >= 0.3 is 5.97 Å². The number of rotatable bonds is 31. The fourth-order valence-corrected chi connectivity index (χ4v) is 9.53. The third-order valence-electron chi connectivity index (χ3n) is 13.7. The van der Waals surface area contributed by atoms with Gasteiger partial charge in [0.25, 0.3) is 5.91 Å². The molecule has 18 nitrogen and oxygen atoms in total. The quantitative estimate of drug-likeness (QED) is 0.0358. The number of aryl methyl sites for hydroxylation is 3. The van der Waals surface area contributed by atoms with Gasteiger partial charge in [-0.1, -0.05) is 67.4 Å². The molecule has 2 heterocycles.